The maximum atomic E-state index is 12.2. The second-order valence-corrected chi connectivity index (χ2v) is 6.59. The maximum Gasteiger partial charge on any atom is 0.243 e. The first-order valence-corrected chi connectivity index (χ1v) is 8.81. The summed E-state index contributed by atoms with van der Waals surface area (Å²) in [5.41, 5.74) is 6.34. The Bertz CT molecular complexity index is 746. The molecule has 132 valence electrons. The van der Waals surface area contributed by atoms with E-state index in [2.05, 4.69) is 47.1 Å². The predicted molar refractivity (Wildman–Crippen MR) is 109 cm³/mol. The molecule has 0 bridgehead atoms. The smallest absolute Gasteiger partial charge is 0.243 e. The fourth-order valence-electron chi connectivity index (χ4n) is 2.72. The fraction of sp³-hybridized carbons (Fsp3) is 0.300. The van der Waals surface area contributed by atoms with Gasteiger partial charge in [-0.3, -0.25) is 4.79 Å². The Hall–Kier alpha value is -2.40. The number of hydrogen-bond donors (Lipinski definition) is 3. The molecule has 2 aromatic rings. The average Bonchev–Trinajstić information content (AvgIpc) is 2.57. The van der Waals surface area contributed by atoms with Gasteiger partial charge in [-0.25, -0.2) is 0 Å². The lowest BCUT2D eigenvalue weighted by molar-refractivity contribution is -0.115. The van der Waals surface area contributed by atoms with Crippen molar-refractivity contribution in [3.8, 4) is 0 Å². The van der Waals surface area contributed by atoms with Crippen molar-refractivity contribution in [3.05, 3.63) is 58.7 Å². The van der Waals surface area contributed by atoms with Crippen LogP contribution in [0.5, 0.6) is 0 Å². The third kappa shape index (κ3) is 5.57. The molecule has 0 saturated carbocycles. The molecule has 0 heterocycles. The van der Waals surface area contributed by atoms with Gasteiger partial charge in [-0.15, -0.1) is 0 Å². The Kier molecular flexibility index (Phi) is 6.53. The van der Waals surface area contributed by atoms with E-state index in [9.17, 15) is 4.79 Å². The molecule has 2 aromatic carbocycles. The van der Waals surface area contributed by atoms with Crippen LogP contribution in [0.25, 0.3) is 0 Å². The van der Waals surface area contributed by atoms with Crippen molar-refractivity contribution in [2.75, 3.05) is 17.2 Å². The Balaban J connectivity index is 1.86. The zero-order chi connectivity index (χ0) is 18.4. The van der Waals surface area contributed by atoms with E-state index in [0.29, 0.717) is 5.11 Å². The van der Waals surface area contributed by atoms with E-state index in [1.807, 2.05) is 32.9 Å². The van der Waals surface area contributed by atoms with Crippen molar-refractivity contribution in [1.82, 2.24) is 5.32 Å². The summed E-state index contributed by atoms with van der Waals surface area (Å²) < 4.78 is 0. The number of rotatable bonds is 5. The molecule has 0 spiro atoms. The number of anilines is 2. The topological polar surface area (TPSA) is 53.2 Å². The zero-order valence-electron chi connectivity index (χ0n) is 15.2. The minimum absolute atomic E-state index is 0.117. The van der Waals surface area contributed by atoms with Crippen molar-refractivity contribution >= 4 is 34.6 Å². The molecule has 0 saturated heterocycles. The first-order valence-electron chi connectivity index (χ1n) is 8.40. The van der Waals surface area contributed by atoms with Crippen LogP contribution in [-0.2, 0) is 11.2 Å². The summed E-state index contributed by atoms with van der Waals surface area (Å²) in [5, 5.41) is 9.40. The molecule has 0 radical (unpaired) electrons. The number of thiocarbonyl (C=S) groups is 1. The molecule has 0 atom stereocenters. The summed E-state index contributed by atoms with van der Waals surface area (Å²) >= 11 is 5.25. The van der Waals surface area contributed by atoms with Gasteiger partial charge in [0.2, 0.25) is 5.91 Å². The van der Waals surface area contributed by atoms with Gasteiger partial charge in [0.15, 0.2) is 5.11 Å². The molecule has 0 aliphatic heterocycles. The number of amides is 1. The largest absolute Gasteiger partial charge is 0.353 e. The van der Waals surface area contributed by atoms with Crippen LogP contribution in [0.3, 0.4) is 0 Å². The first kappa shape index (κ1) is 18.9. The summed E-state index contributed by atoms with van der Waals surface area (Å²) in [5.74, 6) is -0.125. The summed E-state index contributed by atoms with van der Waals surface area (Å²) in [4.78, 5) is 12.2. The van der Waals surface area contributed by atoms with Crippen molar-refractivity contribution in [2.24, 2.45) is 0 Å². The second-order valence-electron chi connectivity index (χ2n) is 6.18. The van der Waals surface area contributed by atoms with Crippen LogP contribution >= 0.6 is 12.2 Å². The predicted octanol–water partition coefficient (Wildman–Crippen LogP) is 4.10. The molecular weight excluding hydrogens is 330 g/mol. The number of carbonyl (C=O) groups excluding carboxylic acids is 1. The SMILES string of the molecule is CCc1ccc(NC(=S)NCC(=O)Nc2c(C)cc(C)cc2C)cc1. The van der Waals surface area contributed by atoms with Crippen LogP contribution in [-0.4, -0.2) is 17.6 Å². The molecule has 0 fully saturated rings. The maximum absolute atomic E-state index is 12.2. The van der Waals surface area contributed by atoms with E-state index in [0.717, 1.165) is 28.9 Å². The standard InChI is InChI=1S/C20H25N3OS/c1-5-16-6-8-17(9-7-16)22-20(25)21-12-18(24)23-19-14(3)10-13(2)11-15(19)4/h6-11H,5,12H2,1-4H3,(H,23,24)(H2,21,22,25). The molecule has 25 heavy (non-hydrogen) atoms. The second kappa shape index (κ2) is 8.62. The lowest BCUT2D eigenvalue weighted by Gasteiger charge is -2.14. The van der Waals surface area contributed by atoms with Crippen LogP contribution < -0.4 is 16.0 Å². The number of aryl methyl sites for hydroxylation is 4. The zero-order valence-corrected chi connectivity index (χ0v) is 16.0. The van der Waals surface area contributed by atoms with Crippen LogP contribution in [0.15, 0.2) is 36.4 Å². The first-order chi connectivity index (χ1) is 11.9. The van der Waals surface area contributed by atoms with Crippen LogP contribution in [0.2, 0.25) is 0 Å². The van der Waals surface area contributed by atoms with E-state index in [1.165, 1.54) is 11.1 Å². The highest BCUT2D eigenvalue weighted by molar-refractivity contribution is 7.80. The molecule has 0 aromatic heterocycles. The Morgan fingerprint density at radius 3 is 2.16 bits per heavy atom. The number of benzene rings is 2. The lowest BCUT2D eigenvalue weighted by atomic mass is 10.1. The quantitative estimate of drug-likeness (QED) is 0.707. The normalized spacial score (nSPS) is 10.2. The molecule has 0 aliphatic carbocycles. The van der Waals surface area contributed by atoms with Gasteiger partial charge < -0.3 is 16.0 Å². The minimum atomic E-state index is -0.125. The van der Waals surface area contributed by atoms with Crippen LogP contribution in [0.4, 0.5) is 11.4 Å². The molecule has 3 N–H and O–H groups in total. The molecule has 1 amide bonds. The van der Waals surface area contributed by atoms with E-state index >= 15 is 0 Å². The van der Waals surface area contributed by atoms with Gasteiger partial charge >= 0.3 is 0 Å². The van der Waals surface area contributed by atoms with Crippen LogP contribution in [0, 0.1) is 20.8 Å². The molecule has 5 heteroatoms. The Morgan fingerprint density at radius 2 is 1.60 bits per heavy atom. The monoisotopic (exact) mass is 355 g/mol. The van der Waals surface area contributed by atoms with E-state index < -0.39 is 0 Å². The average molecular weight is 356 g/mol. The van der Waals surface area contributed by atoms with Gasteiger partial charge in [0.05, 0.1) is 6.54 Å². The van der Waals surface area contributed by atoms with Gasteiger partial charge in [0.25, 0.3) is 0 Å². The molecule has 2 rings (SSSR count). The van der Waals surface area contributed by atoms with Gasteiger partial charge in [0, 0.05) is 11.4 Å². The Morgan fingerprint density at radius 1 is 1.00 bits per heavy atom. The van der Waals surface area contributed by atoms with Gasteiger partial charge in [0.1, 0.15) is 0 Å². The summed E-state index contributed by atoms with van der Waals surface area (Å²) in [6.45, 7) is 8.27. The summed E-state index contributed by atoms with van der Waals surface area (Å²) in [7, 11) is 0. The molecular formula is C20H25N3OS. The lowest BCUT2D eigenvalue weighted by Crippen LogP contribution is -2.35. The van der Waals surface area contributed by atoms with Crippen molar-refractivity contribution < 1.29 is 4.79 Å². The third-order valence-corrected chi connectivity index (χ3v) is 4.22. The highest BCUT2D eigenvalue weighted by Gasteiger charge is 2.09. The number of carbonyl (C=O) groups is 1. The van der Waals surface area contributed by atoms with Crippen molar-refractivity contribution in [2.45, 2.75) is 34.1 Å². The third-order valence-electron chi connectivity index (χ3n) is 3.97. The fourth-order valence-corrected chi connectivity index (χ4v) is 2.91. The van der Waals surface area contributed by atoms with Gasteiger partial charge in [-0.1, -0.05) is 36.8 Å². The van der Waals surface area contributed by atoms with E-state index in [-0.39, 0.29) is 12.5 Å². The highest BCUT2D eigenvalue weighted by Crippen LogP contribution is 2.21. The van der Waals surface area contributed by atoms with Crippen molar-refractivity contribution in [1.29, 1.82) is 0 Å². The van der Waals surface area contributed by atoms with E-state index in [1.54, 1.807) is 0 Å². The Labute approximate surface area is 155 Å². The summed E-state index contributed by atoms with van der Waals surface area (Å²) in [6.07, 6.45) is 1.00. The number of hydrogen-bond acceptors (Lipinski definition) is 2. The van der Waals surface area contributed by atoms with Crippen LogP contribution in [0.1, 0.15) is 29.2 Å². The summed E-state index contributed by atoms with van der Waals surface area (Å²) in [6, 6.07) is 12.2. The van der Waals surface area contributed by atoms with Gasteiger partial charge in [-0.2, -0.15) is 0 Å². The number of nitrogens with one attached hydrogen (secondary N) is 3. The molecule has 0 unspecified atom stereocenters. The van der Waals surface area contributed by atoms with Crippen molar-refractivity contribution in [3.63, 3.8) is 0 Å². The van der Waals surface area contributed by atoms with Gasteiger partial charge in [-0.05, 0) is 68.2 Å². The minimum Gasteiger partial charge on any atom is -0.353 e. The molecule has 4 nitrogen and oxygen atoms in total. The van der Waals surface area contributed by atoms with E-state index in [4.69, 9.17) is 12.2 Å². The highest BCUT2D eigenvalue weighted by atomic mass is 32.1. The molecule has 0 aliphatic rings.